The van der Waals surface area contributed by atoms with E-state index in [0.29, 0.717) is 24.5 Å². The Balaban J connectivity index is 1.93. The molecule has 1 saturated heterocycles. The van der Waals surface area contributed by atoms with E-state index in [-0.39, 0.29) is 18.2 Å². The molecule has 0 aliphatic carbocycles. The van der Waals surface area contributed by atoms with Crippen LogP contribution in [0, 0.1) is 0 Å². The van der Waals surface area contributed by atoms with Crippen molar-refractivity contribution < 1.29 is 29.0 Å². The van der Waals surface area contributed by atoms with Gasteiger partial charge in [0.1, 0.15) is 5.75 Å². The Hall–Kier alpha value is -2.94. The molecule has 1 aromatic rings. The van der Waals surface area contributed by atoms with E-state index in [1.807, 2.05) is 0 Å². The summed E-state index contributed by atoms with van der Waals surface area (Å²) in [5.41, 5.74) is 2.52. The lowest BCUT2D eigenvalue weighted by Crippen LogP contribution is -2.41. The molecule has 26 heavy (non-hydrogen) atoms. The van der Waals surface area contributed by atoms with E-state index in [1.165, 1.54) is 24.4 Å². The van der Waals surface area contributed by atoms with Crippen molar-refractivity contribution in [2.45, 2.75) is 25.9 Å². The van der Waals surface area contributed by atoms with Crippen LogP contribution in [-0.4, -0.2) is 55.0 Å². The zero-order valence-corrected chi connectivity index (χ0v) is 14.4. The van der Waals surface area contributed by atoms with E-state index in [0.717, 1.165) is 12.8 Å². The molecular formula is C17H21N3O6. The molecule has 0 aromatic heterocycles. The average Bonchev–Trinajstić information content (AvgIpc) is 3.14. The van der Waals surface area contributed by atoms with Crippen LogP contribution in [0.15, 0.2) is 23.3 Å². The van der Waals surface area contributed by atoms with E-state index in [1.54, 1.807) is 6.92 Å². The van der Waals surface area contributed by atoms with Crippen LogP contribution >= 0.6 is 0 Å². The standard InChI is InChI=1S/C17H21N3O6/c1-2-25-14-6-5-11(17(23)24)8-12(14)9-19-20-16(22)15(21)18-10-13-4-3-7-26-13/h5-6,8-9,13H,2-4,7,10H2,1H3,(H,18,21)(H,20,22)(H,23,24)/b19-9-/t13-/m1/s1. The monoisotopic (exact) mass is 363 g/mol. The highest BCUT2D eigenvalue weighted by Crippen LogP contribution is 2.18. The largest absolute Gasteiger partial charge is 0.493 e. The van der Waals surface area contributed by atoms with Gasteiger partial charge in [-0.1, -0.05) is 0 Å². The van der Waals surface area contributed by atoms with Crippen LogP contribution in [0.3, 0.4) is 0 Å². The molecule has 3 N–H and O–H groups in total. The van der Waals surface area contributed by atoms with Gasteiger partial charge in [-0.3, -0.25) is 9.59 Å². The van der Waals surface area contributed by atoms with Crippen LogP contribution in [0.2, 0.25) is 0 Å². The molecule has 1 fully saturated rings. The number of carbonyl (C=O) groups excluding carboxylic acids is 2. The summed E-state index contributed by atoms with van der Waals surface area (Å²) >= 11 is 0. The van der Waals surface area contributed by atoms with Crippen molar-refractivity contribution in [2.75, 3.05) is 19.8 Å². The first kappa shape index (κ1) is 19.4. The maximum absolute atomic E-state index is 11.7. The molecule has 1 atom stereocenters. The summed E-state index contributed by atoms with van der Waals surface area (Å²) in [6.07, 6.45) is 2.94. The van der Waals surface area contributed by atoms with Crippen LogP contribution in [0.1, 0.15) is 35.7 Å². The molecule has 140 valence electrons. The van der Waals surface area contributed by atoms with E-state index in [2.05, 4.69) is 15.8 Å². The molecule has 9 nitrogen and oxygen atoms in total. The van der Waals surface area contributed by atoms with Crippen LogP contribution in [0.25, 0.3) is 0 Å². The number of aromatic carboxylic acids is 1. The van der Waals surface area contributed by atoms with Gasteiger partial charge < -0.3 is 19.9 Å². The molecule has 9 heteroatoms. The fourth-order valence-corrected chi connectivity index (χ4v) is 2.37. The number of rotatable bonds is 7. The molecule has 0 unspecified atom stereocenters. The predicted octanol–water partition coefficient (Wildman–Crippen LogP) is 0.529. The van der Waals surface area contributed by atoms with Crippen molar-refractivity contribution in [1.29, 1.82) is 0 Å². The summed E-state index contributed by atoms with van der Waals surface area (Å²) in [7, 11) is 0. The number of nitrogens with one attached hydrogen (secondary N) is 2. The minimum absolute atomic E-state index is 0.0514. The van der Waals surface area contributed by atoms with E-state index in [4.69, 9.17) is 14.6 Å². The fourth-order valence-electron chi connectivity index (χ4n) is 2.37. The maximum atomic E-state index is 11.7. The molecular weight excluding hydrogens is 342 g/mol. The third kappa shape index (κ3) is 5.55. The molecule has 0 bridgehead atoms. The molecule has 1 aromatic carbocycles. The van der Waals surface area contributed by atoms with Crippen LogP contribution in [0.4, 0.5) is 0 Å². The SMILES string of the molecule is CCOc1ccc(C(=O)O)cc1/C=N\NC(=O)C(=O)NC[C@H]1CCCO1. The van der Waals surface area contributed by atoms with Gasteiger partial charge in [-0.25, -0.2) is 10.2 Å². The van der Waals surface area contributed by atoms with Crippen molar-refractivity contribution >= 4 is 24.0 Å². The molecule has 2 amide bonds. The Morgan fingerprint density at radius 2 is 2.19 bits per heavy atom. The third-order valence-electron chi connectivity index (χ3n) is 3.65. The Kier molecular flexibility index (Phi) is 7.10. The fraction of sp³-hybridized carbons (Fsp3) is 0.412. The van der Waals surface area contributed by atoms with E-state index in [9.17, 15) is 14.4 Å². The van der Waals surface area contributed by atoms with Gasteiger partial charge >= 0.3 is 17.8 Å². The van der Waals surface area contributed by atoms with Crippen molar-refractivity contribution in [2.24, 2.45) is 5.10 Å². The second-order valence-corrected chi connectivity index (χ2v) is 5.53. The normalized spacial score (nSPS) is 16.4. The van der Waals surface area contributed by atoms with Crippen LogP contribution < -0.4 is 15.5 Å². The zero-order chi connectivity index (χ0) is 18.9. The summed E-state index contributed by atoms with van der Waals surface area (Å²) in [6.45, 7) is 3.09. The second kappa shape index (κ2) is 9.52. The lowest BCUT2D eigenvalue weighted by atomic mass is 10.1. The Labute approximate surface area is 150 Å². The maximum Gasteiger partial charge on any atom is 0.335 e. The lowest BCUT2D eigenvalue weighted by molar-refractivity contribution is -0.139. The van der Waals surface area contributed by atoms with E-state index >= 15 is 0 Å². The van der Waals surface area contributed by atoms with E-state index < -0.39 is 17.8 Å². The van der Waals surface area contributed by atoms with Gasteiger partial charge in [-0.05, 0) is 38.0 Å². The highest BCUT2D eigenvalue weighted by molar-refractivity contribution is 6.35. The van der Waals surface area contributed by atoms with Crippen molar-refractivity contribution in [1.82, 2.24) is 10.7 Å². The second-order valence-electron chi connectivity index (χ2n) is 5.53. The highest BCUT2D eigenvalue weighted by Gasteiger charge is 2.19. The summed E-state index contributed by atoms with van der Waals surface area (Å²) in [4.78, 5) is 34.5. The minimum atomic E-state index is -1.10. The third-order valence-corrected chi connectivity index (χ3v) is 3.65. The quantitative estimate of drug-likeness (QED) is 0.368. The first-order chi connectivity index (χ1) is 12.5. The van der Waals surface area contributed by atoms with Gasteiger partial charge in [-0.15, -0.1) is 0 Å². The van der Waals surface area contributed by atoms with Gasteiger partial charge in [0.2, 0.25) is 0 Å². The number of hydrazone groups is 1. The van der Waals surface area contributed by atoms with Gasteiger partial charge in [-0.2, -0.15) is 5.10 Å². The summed E-state index contributed by atoms with van der Waals surface area (Å²) < 4.78 is 10.7. The number of hydrogen-bond donors (Lipinski definition) is 3. The topological polar surface area (TPSA) is 126 Å². The van der Waals surface area contributed by atoms with Crippen LogP contribution in [0.5, 0.6) is 5.75 Å². The summed E-state index contributed by atoms with van der Waals surface area (Å²) in [5.74, 6) is -2.42. The number of amides is 2. The number of hydrogen-bond acceptors (Lipinski definition) is 6. The number of carboxylic acid groups (broad SMARTS) is 1. The number of benzene rings is 1. The Morgan fingerprint density at radius 1 is 1.38 bits per heavy atom. The Bertz CT molecular complexity index is 698. The number of carbonyl (C=O) groups is 3. The molecule has 1 heterocycles. The molecule has 0 radical (unpaired) electrons. The molecule has 1 aliphatic rings. The van der Waals surface area contributed by atoms with Crippen LogP contribution in [-0.2, 0) is 14.3 Å². The number of nitrogens with zero attached hydrogens (tertiary/aromatic N) is 1. The molecule has 0 saturated carbocycles. The number of carboxylic acids is 1. The zero-order valence-electron chi connectivity index (χ0n) is 14.4. The van der Waals surface area contributed by atoms with Gasteiger partial charge in [0, 0.05) is 18.7 Å². The average molecular weight is 363 g/mol. The van der Waals surface area contributed by atoms with Gasteiger partial charge in [0.05, 0.1) is 24.5 Å². The van der Waals surface area contributed by atoms with Crippen molar-refractivity contribution in [3.8, 4) is 5.75 Å². The summed E-state index contributed by atoms with van der Waals surface area (Å²) in [5, 5.41) is 15.2. The Morgan fingerprint density at radius 3 is 2.85 bits per heavy atom. The number of ether oxygens (including phenoxy) is 2. The molecule has 1 aliphatic heterocycles. The first-order valence-electron chi connectivity index (χ1n) is 8.24. The molecule has 2 rings (SSSR count). The smallest absolute Gasteiger partial charge is 0.335 e. The molecule has 0 spiro atoms. The first-order valence-corrected chi connectivity index (χ1v) is 8.24. The van der Waals surface area contributed by atoms with Gasteiger partial charge in [0.15, 0.2) is 0 Å². The lowest BCUT2D eigenvalue weighted by Gasteiger charge is -2.10. The highest BCUT2D eigenvalue weighted by atomic mass is 16.5. The summed E-state index contributed by atoms with van der Waals surface area (Å²) in [6, 6.07) is 4.27. The van der Waals surface area contributed by atoms with Gasteiger partial charge in [0.25, 0.3) is 0 Å². The predicted molar refractivity (Wildman–Crippen MR) is 92.3 cm³/mol. The van der Waals surface area contributed by atoms with Crippen molar-refractivity contribution in [3.05, 3.63) is 29.3 Å². The minimum Gasteiger partial charge on any atom is -0.493 e. The van der Waals surface area contributed by atoms with Crippen molar-refractivity contribution in [3.63, 3.8) is 0 Å².